The molecule has 0 unspecified atom stereocenters. The third kappa shape index (κ3) is 9.90. The summed E-state index contributed by atoms with van der Waals surface area (Å²) in [6.07, 6.45) is 11.0. The molecule has 0 aliphatic heterocycles. The first-order valence-electron chi connectivity index (χ1n) is 15.9. The van der Waals surface area contributed by atoms with Crippen molar-refractivity contribution in [1.82, 2.24) is 0 Å². The Labute approximate surface area is 255 Å². The van der Waals surface area contributed by atoms with Crippen molar-refractivity contribution in [2.24, 2.45) is 17.8 Å². The summed E-state index contributed by atoms with van der Waals surface area (Å²) in [5.41, 5.74) is 1.88. The van der Waals surface area contributed by atoms with E-state index < -0.39 is 0 Å². The molecule has 2 aliphatic carbocycles. The Balaban J connectivity index is 1.20. The molecule has 234 valence electrons. The van der Waals surface area contributed by atoms with Crippen LogP contribution in [0.2, 0.25) is 0 Å². The number of benzene rings is 2. The lowest BCUT2D eigenvalue weighted by atomic mass is 9.77. The topological polar surface area (TPSA) is 104 Å². The molecule has 2 aromatic rings. The van der Waals surface area contributed by atoms with Gasteiger partial charge in [0.05, 0.1) is 31.7 Å². The number of hydrogen-bond acceptors (Lipinski definition) is 8. The molecule has 2 fully saturated rings. The van der Waals surface area contributed by atoms with Crippen LogP contribution in [0.4, 0.5) is 0 Å². The monoisotopic (exact) mass is 593 g/mol. The van der Waals surface area contributed by atoms with Crippen LogP contribution in [0.5, 0.6) is 17.2 Å². The largest absolute Gasteiger partial charge is 0.491 e. The van der Waals surface area contributed by atoms with Gasteiger partial charge in [0.1, 0.15) is 23.9 Å². The maximum absolute atomic E-state index is 13.0. The molecule has 0 bridgehead atoms. The van der Waals surface area contributed by atoms with Gasteiger partial charge < -0.3 is 29.1 Å². The lowest BCUT2D eigenvalue weighted by Gasteiger charge is -2.29. The fourth-order valence-corrected chi connectivity index (χ4v) is 6.24. The first-order chi connectivity index (χ1) is 21.0. The Kier molecular flexibility index (Phi) is 13.0. The van der Waals surface area contributed by atoms with Crippen molar-refractivity contribution in [2.75, 3.05) is 33.5 Å². The number of rotatable bonds is 15. The van der Waals surface area contributed by atoms with Crippen molar-refractivity contribution in [3.05, 3.63) is 53.6 Å². The number of methoxy groups -OCH3 is 1. The number of ether oxygens (including phenoxy) is 5. The van der Waals surface area contributed by atoms with E-state index in [4.69, 9.17) is 29.1 Å². The third-order valence-corrected chi connectivity index (χ3v) is 8.78. The highest BCUT2D eigenvalue weighted by atomic mass is 16.5. The Hall–Kier alpha value is -3.23. The Morgan fingerprint density at radius 2 is 1.42 bits per heavy atom. The molecular formula is C35H47NO7. The van der Waals surface area contributed by atoms with Gasteiger partial charge in [0.25, 0.3) is 0 Å². The fraction of sp³-hybridized carbons (Fsp3) is 0.571. The second kappa shape index (κ2) is 17.2. The van der Waals surface area contributed by atoms with Crippen molar-refractivity contribution in [2.45, 2.75) is 77.0 Å². The van der Waals surface area contributed by atoms with Gasteiger partial charge in [0.15, 0.2) is 0 Å². The minimum Gasteiger partial charge on any atom is -0.491 e. The summed E-state index contributed by atoms with van der Waals surface area (Å²) in [4.78, 5) is 25.8. The van der Waals surface area contributed by atoms with Crippen LogP contribution in [0, 0.1) is 23.2 Å². The first kappa shape index (κ1) is 32.7. The molecule has 43 heavy (non-hydrogen) atoms. The third-order valence-electron chi connectivity index (χ3n) is 8.78. The van der Waals surface area contributed by atoms with Gasteiger partial charge in [0, 0.05) is 18.9 Å². The summed E-state index contributed by atoms with van der Waals surface area (Å²) in [5.74, 6) is 1.83. The van der Waals surface area contributed by atoms with Gasteiger partial charge in [0.2, 0.25) is 0 Å². The van der Waals surface area contributed by atoms with E-state index in [1.807, 2.05) is 12.1 Å². The quantitative estimate of drug-likeness (QED) is 0.101. The molecule has 0 aromatic heterocycles. The van der Waals surface area contributed by atoms with E-state index in [9.17, 15) is 9.59 Å². The average molecular weight is 594 g/mol. The van der Waals surface area contributed by atoms with Gasteiger partial charge in [-0.1, -0.05) is 25.8 Å². The molecule has 0 heterocycles. The van der Waals surface area contributed by atoms with Crippen LogP contribution in [0.25, 0.3) is 0 Å². The van der Waals surface area contributed by atoms with Crippen LogP contribution in [0.15, 0.2) is 42.5 Å². The standard InChI is InChI=1S/C35H47NO7/c1-3-4-25-5-7-26(8-6-25)29-13-18-33(30(23-29)24-36)43-35(38)28-11-9-27(10-12-28)34(37)42-32-16-14-31(15-17-32)41-22-21-40-20-19-39-2/h13-18,23-28,36H,3-12,19-22H2,1-2H3. The first-order valence-corrected chi connectivity index (χ1v) is 15.9. The number of nitrogens with one attached hydrogen (secondary N) is 1. The molecule has 0 spiro atoms. The Morgan fingerprint density at radius 3 is 2.05 bits per heavy atom. The highest BCUT2D eigenvalue weighted by Crippen LogP contribution is 2.39. The molecule has 0 radical (unpaired) electrons. The van der Waals surface area contributed by atoms with Crippen LogP contribution >= 0.6 is 0 Å². The summed E-state index contributed by atoms with van der Waals surface area (Å²) in [5, 5.41) is 7.92. The minimum atomic E-state index is -0.289. The number of carbonyl (C=O) groups excluding carboxylic acids is 2. The van der Waals surface area contributed by atoms with Crippen molar-refractivity contribution in [1.29, 1.82) is 5.41 Å². The van der Waals surface area contributed by atoms with Crippen molar-refractivity contribution >= 4 is 18.2 Å². The molecule has 2 aromatic carbocycles. The van der Waals surface area contributed by atoms with E-state index in [1.165, 1.54) is 50.3 Å². The maximum Gasteiger partial charge on any atom is 0.314 e. The van der Waals surface area contributed by atoms with Gasteiger partial charge in [-0.2, -0.15) is 0 Å². The van der Waals surface area contributed by atoms with Crippen LogP contribution < -0.4 is 14.2 Å². The van der Waals surface area contributed by atoms with Crippen molar-refractivity contribution in [3.63, 3.8) is 0 Å². The van der Waals surface area contributed by atoms with Crippen LogP contribution in [-0.4, -0.2) is 51.7 Å². The molecule has 2 saturated carbocycles. The van der Waals surface area contributed by atoms with Crippen molar-refractivity contribution in [3.8, 4) is 17.2 Å². The van der Waals surface area contributed by atoms with Crippen LogP contribution in [0.3, 0.4) is 0 Å². The summed E-state index contributed by atoms with van der Waals surface area (Å²) in [6.45, 7) is 4.21. The summed E-state index contributed by atoms with van der Waals surface area (Å²) < 4.78 is 27.3. The highest BCUT2D eigenvalue weighted by Gasteiger charge is 2.32. The summed E-state index contributed by atoms with van der Waals surface area (Å²) in [6, 6.07) is 12.9. The van der Waals surface area contributed by atoms with E-state index in [1.54, 1.807) is 31.4 Å². The second-order valence-corrected chi connectivity index (χ2v) is 11.8. The predicted molar refractivity (Wildman–Crippen MR) is 165 cm³/mol. The molecule has 4 rings (SSSR count). The molecule has 2 aliphatic rings. The second-order valence-electron chi connectivity index (χ2n) is 11.8. The van der Waals surface area contributed by atoms with E-state index in [0.717, 1.165) is 5.92 Å². The molecule has 8 heteroatoms. The number of hydrogen-bond donors (Lipinski definition) is 1. The normalized spacial score (nSPS) is 22.0. The lowest BCUT2D eigenvalue weighted by Crippen LogP contribution is -2.30. The van der Waals surface area contributed by atoms with Gasteiger partial charge >= 0.3 is 11.9 Å². The van der Waals surface area contributed by atoms with Crippen LogP contribution in [0.1, 0.15) is 88.2 Å². The van der Waals surface area contributed by atoms with E-state index in [2.05, 4.69) is 13.0 Å². The molecule has 0 atom stereocenters. The molecule has 8 nitrogen and oxygen atoms in total. The average Bonchev–Trinajstić information content (AvgIpc) is 3.04. The SMILES string of the molecule is CCCC1CCC(c2ccc(OC(=O)C3CCC(C(=O)Oc4ccc(OCCOCCOC)cc4)CC3)c(C=N)c2)CC1. The van der Waals surface area contributed by atoms with Gasteiger partial charge in [-0.15, -0.1) is 0 Å². The minimum absolute atomic E-state index is 0.256. The zero-order valence-electron chi connectivity index (χ0n) is 25.7. The Morgan fingerprint density at radius 1 is 0.791 bits per heavy atom. The van der Waals surface area contributed by atoms with Crippen LogP contribution in [-0.2, 0) is 19.1 Å². The zero-order chi connectivity index (χ0) is 30.4. The van der Waals surface area contributed by atoms with Gasteiger partial charge in [-0.3, -0.25) is 9.59 Å². The van der Waals surface area contributed by atoms with Gasteiger partial charge in [-0.25, -0.2) is 0 Å². The molecule has 0 amide bonds. The lowest BCUT2D eigenvalue weighted by molar-refractivity contribution is -0.145. The van der Waals surface area contributed by atoms with E-state index >= 15 is 0 Å². The van der Waals surface area contributed by atoms with Crippen molar-refractivity contribution < 1.29 is 33.3 Å². The number of esters is 2. The summed E-state index contributed by atoms with van der Waals surface area (Å²) >= 11 is 0. The van der Waals surface area contributed by atoms with Gasteiger partial charge in [-0.05, 0) is 105 Å². The smallest absolute Gasteiger partial charge is 0.314 e. The number of carbonyl (C=O) groups is 2. The summed E-state index contributed by atoms with van der Waals surface area (Å²) in [7, 11) is 1.63. The van der Waals surface area contributed by atoms with E-state index in [0.29, 0.717) is 80.8 Å². The molecule has 0 saturated heterocycles. The molecular weight excluding hydrogens is 546 g/mol. The zero-order valence-corrected chi connectivity index (χ0v) is 25.7. The fourth-order valence-electron chi connectivity index (χ4n) is 6.24. The maximum atomic E-state index is 13.0. The Bertz CT molecular complexity index is 1170. The molecule has 1 N–H and O–H groups in total. The van der Waals surface area contributed by atoms with E-state index in [-0.39, 0.29) is 23.8 Å². The predicted octanol–water partition coefficient (Wildman–Crippen LogP) is 7.12. The highest BCUT2D eigenvalue weighted by molar-refractivity contribution is 5.85.